The number of hydrogen-bond acceptors (Lipinski definition) is 6. The van der Waals surface area contributed by atoms with E-state index in [4.69, 9.17) is 16.3 Å². The molecule has 0 aliphatic carbocycles. The summed E-state index contributed by atoms with van der Waals surface area (Å²) in [5.41, 5.74) is 3.45. The van der Waals surface area contributed by atoms with Gasteiger partial charge in [-0.1, -0.05) is 23.7 Å². The van der Waals surface area contributed by atoms with E-state index in [-0.39, 0.29) is 19.1 Å². The van der Waals surface area contributed by atoms with Crippen molar-refractivity contribution < 1.29 is 14.3 Å². The molecule has 1 fully saturated rings. The molecule has 1 saturated heterocycles. The van der Waals surface area contributed by atoms with Crippen molar-refractivity contribution in [1.29, 1.82) is 0 Å². The quantitative estimate of drug-likeness (QED) is 0.566. The van der Waals surface area contributed by atoms with E-state index in [1.165, 1.54) is 6.20 Å². The normalized spacial score (nSPS) is 14.4. The highest BCUT2D eigenvalue weighted by molar-refractivity contribution is 6.30. The smallest absolute Gasteiger partial charge is 0.341 e. The molecule has 0 bridgehead atoms. The summed E-state index contributed by atoms with van der Waals surface area (Å²) < 4.78 is 6.93. The molecular weight excluding hydrogens is 418 g/mol. The van der Waals surface area contributed by atoms with Crippen molar-refractivity contribution in [2.24, 2.45) is 7.05 Å². The second-order valence-electron chi connectivity index (χ2n) is 7.51. The highest BCUT2D eigenvalue weighted by Crippen LogP contribution is 2.33. The number of benzene rings is 1. The Morgan fingerprint density at radius 2 is 1.97 bits per heavy atom. The molecular formula is C22H24ClN5O3. The largest absolute Gasteiger partial charge is 0.462 e. The lowest BCUT2D eigenvalue weighted by molar-refractivity contribution is -0.131. The van der Waals surface area contributed by atoms with Crippen molar-refractivity contribution in [2.75, 3.05) is 31.1 Å². The first-order valence-electron chi connectivity index (χ1n) is 10.2. The summed E-state index contributed by atoms with van der Waals surface area (Å²) in [4.78, 5) is 33.8. The first-order valence-corrected chi connectivity index (χ1v) is 10.5. The highest BCUT2D eigenvalue weighted by Gasteiger charge is 2.30. The number of nitrogens with zero attached hydrogens (tertiary/aromatic N) is 5. The number of anilines is 1. The minimum Gasteiger partial charge on any atom is -0.462 e. The first kappa shape index (κ1) is 21.1. The molecule has 0 spiro atoms. The van der Waals surface area contributed by atoms with E-state index >= 15 is 0 Å². The predicted octanol–water partition coefficient (Wildman–Crippen LogP) is 2.96. The zero-order chi connectivity index (χ0) is 22.1. The van der Waals surface area contributed by atoms with Gasteiger partial charge in [0.25, 0.3) is 0 Å². The first-order chi connectivity index (χ1) is 14.9. The topological polar surface area (TPSA) is 80.6 Å². The maximum Gasteiger partial charge on any atom is 0.341 e. The summed E-state index contributed by atoms with van der Waals surface area (Å²) in [6, 6.07) is 7.49. The number of rotatable bonds is 5. The molecule has 3 aromatic rings. The molecule has 0 atom stereocenters. The Labute approximate surface area is 185 Å². The van der Waals surface area contributed by atoms with Gasteiger partial charge in [-0.25, -0.2) is 9.78 Å². The molecule has 3 heterocycles. The van der Waals surface area contributed by atoms with Crippen LogP contribution in [-0.2, 0) is 23.1 Å². The van der Waals surface area contributed by atoms with Crippen LogP contribution < -0.4 is 4.90 Å². The van der Waals surface area contributed by atoms with Crippen molar-refractivity contribution in [3.05, 3.63) is 52.3 Å². The maximum absolute atomic E-state index is 13.0. The number of aryl methyl sites for hydroxylation is 2. The van der Waals surface area contributed by atoms with Gasteiger partial charge in [0.05, 0.1) is 29.9 Å². The fourth-order valence-corrected chi connectivity index (χ4v) is 4.08. The average Bonchev–Trinajstić information content (AvgIpc) is 3.04. The third-order valence-corrected chi connectivity index (χ3v) is 5.67. The fourth-order valence-electron chi connectivity index (χ4n) is 3.96. The summed E-state index contributed by atoms with van der Waals surface area (Å²) in [5, 5.41) is 5.90. The number of piperazine rings is 1. The molecule has 4 rings (SSSR count). The van der Waals surface area contributed by atoms with E-state index in [1.54, 1.807) is 11.6 Å². The molecule has 8 nitrogen and oxygen atoms in total. The van der Waals surface area contributed by atoms with E-state index in [1.807, 2.05) is 48.0 Å². The second kappa shape index (κ2) is 8.55. The summed E-state index contributed by atoms with van der Waals surface area (Å²) in [5.74, 6) is -0.464. The van der Waals surface area contributed by atoms with E-state index in [0.717, 1.165) is 16.6 Å². The summed E-state index contributed by atoms with van der Waals surface area (Å²) in [6.07, 6.45) is 1.52. The minimum atomic E-state index is -0.453. The van der Waals surface area contributed by atoms with Crippen molar-refractivity contribution >= 4 is 40.2 Å². The summed E-state index contributed by atoms with van der Waals surface area (Å²) >= 11 is 5.96. The van der Waals surface area contributed by atoms with Crippen LogP contribution in [-0.4, -0.2) is 57.8 Å². The number of pyridine rings is 1. The van der Waals surface area contributed by atoms with Crippen LogP contribution in [0.3, 0.4) is 0 Å². The number of esters is 1. The molecule has 1 aliphatic rings. The zero-order valence-corrected chi connectivity index (χ0v) is 18.5. The molecule has 1 aliphatic heterocycles. The van der Waals surface area contributed by atoms with Crippen LogP contribution in [0.25, 0.3) is 11.0 Å². The number of fused-ring (bicyclic) bond motifs is 1. The molecule has 0 unspecified atom stereocenters. The lowest BCUT2D eigenvalue weighted by Gasteiger charge is -2.36. The monoisotopic (exact) mass is 441 g/mol. The van der Waals surface area contributed by atoms with Crippen molar-refractivity contribution in [3.8, 4) is 0 Å². The predicted molar refractivity (Wildman–Crippen MR) is 118 cm³/mol. The van der Waals surface area contributed by atoms with E-state index in [9.17, 15) is 9.59 Å². The zero-order valence-electron chi connectivity index (χ0n) is 17.8. The van der Waals surface area contributed by atoms with Gasteiger partial charge in [-0.3, -0.25) is 9.48 Å². The SMILES string of the molecule is CCOC(=O)c1cnc2c(c(C)nn2C)c1N1CCN(Cc2ccc(Cl)cc2)C(=O)C1. The van der Waals surface area contributed by atoms with Gasteiger partial charge < -0.3 is 14.5 Å². The van der Waals surface area contributed by atoms with Crippen molar-refractivity contribution in [2.45, 2.75) is 20.4 Å². The van der Waals surface area contributed by atoms with Gasteiger partial charge in [0.15, 0.2) is 5.65 Å². The van der Waals surface area contributed by atoms with E-state index < -0.39 is 5.97 Å². The second-order valence-corrected chi connectivity index (χ2v) is 7.95. The molecule has 0 radical (unpaired) electrons. The average molecular weight is 442 g/mol. The number of aromatic nitrogens is 3. The Kier molecular flexibility index (Phi) is 5.82. The Morgan fingerprint density at radius 3 is 2.65 bits per heavy atom. The number of amides is 1. The molecule has 1 aromatic carbocycles. The Morgan fingerprint density at radius 1 is 1.23 bits per heavy atom. The van der Waals surface area contributed by atoms with Gasteiger partial charge in [0.2, 0.25) is 5.91 Å². The molecule has 0 N–H and O–H groups in total. The molecule has 2 aromatic heterocycles. The van der Waals surface area contributed by atoms with Crippen LogP contribution in [0.1, 0.15) is 28.5 Å². The van der Waals surface area contributed by atoms with E-state index in [0.29, 0.717) is 41.6 Å². The number of carbonyl (C=O) groups excluding carboxylic acids is 2. The Balaban J connectivity index is 1.65. The van der Waals surface area contributed by atoms with Gasteiger partial charge in [-0.05, 0) is 31.5 Å². The van der Waals surface area contributed by atoms with Crippen LogP contribution in [0.4, 0.5) is 5.69 Å². The van der Waals surface area contributed by atoms with Crippen molar-refractivity contribution in [3.63, 3.8) is 0 Å². The van der Waals surface area contributed by atoms with Gasteiger partial charge >= 0.3 is 5.97 Å². The van der Waals surface area contributed by atoms with Gasteiger partial charge in [-0.2, -0.15) is 5.10 Å². The van der Waals surface area contributed by atoms with Gasteiger partial charge in [-0.15, -0.1) is 0 Å². The molecule has 162 valence electrons. The Hall–Kier alpha value is -3.13. The van der Waals surface area contributed by atoms with Crippen molar-refractivity contribution in [1.82, 2.24) is 19.7 Å². The van der Waals surface area contributed by atoms with Crippen LogP contribution in [0.5, 0.6) is 0 Å². The number of carbonyl (C=O) groups is 2. The van der Waals surface area contributed by atoms with Crippen LogP contribution >= 0.6 is 11.6 Å². The molecule has 0 saturated carbocycles. The third kappa shape index (κ3) is 4.07. The standard InChI is InChI=1S/C22H24ClN5O3/c1-4-31-22(30)17-11-24-21-19(14(2)25-26(21)3)20(17)28-10-9-27(18(29)13-28)12-15-5-7-16(23)8-6-15/h5-8,11H,4,9-10,12-13H2,1-3H3. The number of halogens is 1. The molecule has 1 amide bonds. The fraction of sp³-hybridized carbons (Fsp3) is 0.364. The summed E-state index contributed by atoms with van der Waals surface area (Å²) in [6.45, 7) is 5.70. The van der Waals surface area contributed by atoms with Crippen LogP contribution in [0.2, 0.25) is 5.02 Å². The van der Waals surface area contributed by atoms with Gasteiger partial charge in [0.1, 0.15) is 5.56 Å². The Bertz CT molecular complexity index is 1140. The van der Waals surface area contributed by atoms with Crippen LogP contribution in [0, 0.1) is 6.92 Å². The van der Waals surface area contributed by atoms with Gasteiger partial charge in [0, 0.05) is 37.9 Å². The minimum absolute atomic E-state index is 0.0116. The molecule has 31 heavy (non-hydrogen) atoms. The third-order valence-electron chi connectivity index (χ3n) is 5.42. The van der Waals surface area contributed by atoms with Crippen LogP contribution in [0.15, 0.2) is 30.5 Å². The highest BCUT2D eigenvalue weighted by atomic mass is 35.5. The lowest BCUT2D eigenvalue weighted by Crippen LogP contribution is -2.50. The lowest BCUT2D eigenvalue weighted by atomic mass is 10.1. The molecule has 9 heteroatoms. The number of hydrogen-bond donors (Lipinski definition) is 0. The maximum atomic E-state index is 13.0. The number of ether oxygens (including phenoxy) is 1. The summed E-state index contributed by atoms with van der Waals surface area (Å²) in [7, 11) is 1.81. The van der Waals surface area contributed by atoms with E-state index in [2.05, 4.69) is 10.1 Å².